The molecule has 0 atom stereocenters. The molecule has 19 heavy (non-hydrogen) atoms. The number of ketones is 1. The Morgan fingerprint density at radius 1 is 1.05 bits per heavy atom. The van der Waals surface area contributed by atoms with E-state index in [9.17, 15) is 4.79 Å². The summed E-state index contributed by atoms with van der Waals surface area (Å²) < 4.78 is 0. The highest BCUT2D eigenvalue weighted by Gasteiger charge is 2.11. The molecule has 0 saturated heterocycles. The molecule has 0 aliphatic carbocycles. The normalized spacial score (nSPS) is 10.6. The lowest BCUT2D eigenvalue weighted by molar-refractivity contribution is 0.104. The van der Waals surface area contributed by atoms with Crippen LogP contribution in [0, 0.1) is 0 Å². The third kappa shape index (κ3) is 3.54. The molecule has 0 radical (unpaired) electrons. The van der Waals surface area contributed by atoms with Crippen LogP contribution in [0.4, 0.5) is 0 Å². The van der Waals surface area contributed by atoms with E-state index in [1.165, 1.54) is 23.3 Å². The summed E-state index contributed by atoms with van der Waals surface area (Å²) in [7, 11) is 0. The van der Waals surface area contributed by atoms with E-state index in [0.29, 0.717) is 0 Å². The minimum absolute atomic E-state index is 0.145. The predicted molar refractivity (Wildman–Crippen MR) is 82.2 cm³/mol. The Morgan fingerprint density at radius 2 is 1.79 bits per heavy atom. The van der Waals surface area contributed by atoms with Crippen LogP contribution in [-0.2, 0) is 12.8 Å². The van der Waals surface area contributed by atoms with Crippen LogP contribution in [0.1, 0.15) is 52.4 Å². The van der Waals surface area contributed by atoms with Crippen LogP contribution in [0.2, 0.25) is 0 Å². The van der Waals surface area contributed by atoms with Gasteiger partial charge in [-0.1, -0.05) is 44.5 Å². The van der Waals surface area contributed by atoms with Gasteiger partial charge < -0.3 is 0 Å². The van der Waals surface area contributed by atoms with Crippen molar-refractivity contribution < 1.29 is 4.79 Å². The summed E-state index contributed by atoms with van der Waals surface area (Å²) in [6.45, 7) is 4.31. The van der Waals surface area contributed by atoms with Crippen LogP contribution in [-0.4, -0.2) is 5.78 Å². The molecule has 100 valence electrons. The fourth-order valence-electron chi connectivity index (χ4n) is 2.04. The third-order valence-corrected chi connectivity index (χ3v) is 4.50. The number of hydrogen-bond donors (Lipinski definition) is 0. The molecule has 2 aromatic rings. The maximum Gasteiger partial charge on any atom is 0.202 e. The monoisotopic (exact) mass is 272 g/mol. The van der Waals surface area contributed by atoms with E-state index in [0.717, 1.165) is 23.3 Å². The zero-order valence-electron chi connectivity index (χ0n) is 11.6. The summed E-state index contributed by atoms with van der Waals surface area (Å²) in [5, 5.41) is 0. The summed E-state index contributed by atoms with van der Waals surface area (Å²) in [6, 6.07) is 12.1. The molecule has 0 unspecified atom stereocenters. The Labute approximate surface area is 119 Å². The second-order valence-corrected chi connectivity index (χ2v) is 5.92. The second-order valence-electron chi connectivity index (χ2n) is 4.75. The van der Waals surface area contributed by atoms with Crippen LogP contribution in [0.25, 0.3) is 0 Å². The molecule has 0 spiro atoms. The standard InChI is InChI=1S/C17H20OS/c1-3-5-6-13-7-9-14(10-8-13)17(18)16-12-11-15(4-2)19-16/h7-12H,3-6H2,1-2H3. The first-order chi connectivity index (χ1) is 9.24. The Balaban J connectivity index is 2.10. The van der Waals surface area contributed by atoms with E-state index in [4.69, 9.17) is 0 Å². The number of benzene rings is 1. The molecule has 1 aromatic heterocycles. The number of rotatable bonds is 6. The molecule has 0 aliphatic rings. The zero-order valence-corrected chi connectivity index (χ0v) is 12.4. The largest absolute Gasteiger partial charge is 0.288 e. The fraction of sp³-hybridized carbons (Fsp3) is 0.353. The highest BCUT2D eigenvalue weighted by Crippen LogP contribution is 2.21. The van der Waals surface area contributed by atoms with Crippen LogP contribution in [0.5, 0.6) is 0 Å². The lowest BCUT2D eigenvalue weighted by Crippen LogP contribution is -1.98. The van der Waals surface area contributed by atoms with Crippen molar-refractivity contribution in [1.82, 2.24) is 0 Å². The van der Waals surface area contributed by atoms with E-state index in [-0.39, 0.29) is 5.78 Å². The third-order valence-electron chi connectivity index (χ3n) is 3.27. The SMILES string of the molecule is CCCCc1ccc(C(=O)c2ccc(CC)s2)cc1. The Kier molecular flexibility index (Phi) is 4.92. The molecular weight excluding hydrogens is 252 g/mol. The van der Waals surface area contributed by atoms with Gasteiger partial charge in [-0.15, -0.1) is 11.3 Å². The summed E-state index contributed by atoms with van der Waals surface area (Å²) >= 11 is 1.60. The molecule has 0 saturated carbocycles. The van der Waals surface area contributed by atoms with E-state index < -0.39 is 0 Å². The van der Waals surface area contributed by atoms with Crippen molar-refractivity contribution >= 4 is 17.1 Å². The smallest absolute Gasteiger partial charge is 0.202 e. The van der Waals surface area contributed by atoms with Gasteiger partial charge in [0, 0.05) is 10.4 Å². The number of carbonyl (C=O) groups is 1. The van der Waals surface area contributed by atoms with Gasteiger partial charge in [0.25, 0.3) is 0 Å². The quantitative estimate of drug-likeness (QED) is 0.685. The predicted octanol–water partition coefficient (Wildman–Crippen LogP) is 4.88. The number of hydrogen-bond acceptors (Lipinski definition) is 2. The summed E-state index contributed by atoms with van der Waals surface area (Å²) in [6.07, 6.45) is 4.51. The first-order valence-corrected chi connectivity index (χ1v) is 7.78. The minimum atomic E-state index is 0.145. The van der Waals surface area contributed by atoms with E-state index >= 15 is 0 Å². The molecular formula is C17H20OS. The van der Waals surface area contributed by atoms with E-state index in [2.05, 4.69) is 26.0 Å². The van der Waals surface area contributed by atoms with E-state index in [1.54, 1.807) is 11.3 Å². The zero-order chi connectivity index (χ0) is 13.7. The lowest BCUT2D eigenvalue weighted by atomic mass is 10.0. The first kappa shape index (κ1) is 14.0. The average Bonchev–Trinajstić information content (AvgIpc) is 2.94. The molecule has 1 nitrogen and oxygen atoms in total. The summed E-state index contributed by atoms with van der Waals surface area (Å²) in [5.41, 5.74) is 2.11. The first-order valence-electron chi connectivity index (χ1n) is 6.97. The van der Waals surface area contributed by atoms with Gasteiger partial charge in [-0.05, 0) is 37.0 Å². The van der Waals surface area contributed by atoms with Crippen molar-refractivity contribution in [1.29, 1.82) is 0 Å². The molecule has 0 amide bonds. The lowest BCUT2D eigenvalue weighted by Gasteiger charge is -2.02. The highest BCUT2D eigenvalue weighted by atomic mass is 32.1. The number of unbranched alkanes of at least 4 members (excludes halogenated alkanes) is 1. The van der Waals surface area contributed by atoms with Crippen LogP contribution >= 0.6 is 11.3 Å². The van der Waals surface area contributed by atoms with Crippen molar-refractivity contribution in [2.75, 3.05) is 0 Å². The van der Waals surface area contributed by atoms with Gasteiger partial charge in [0.2, 0.25) is 5.78 Å². The number of thiophene rings is 1. The van der Waals surface area contributed by atoms with Crippen molar-refractivity contribution in [2.45, 2.75) is 39.5 Å². The van der Waals surface area contributed by atoms with Gasteiger partial charge in [-0.2, -0.15) is 0 Å². The Morgan fingerprint density at radius 3 is 2.37 bits per heavy atom. The van der Waals surface area contributed by atoms with Crippen molar-refractivity contribution in [3.63, 3.8) is 0 Å². The van der Waals surface area contributed by atoms with Gasteiger partial charge in [0.1, 0.15) is 0 Å². The highest BCUT2D eigenvalue weighted by molar-refractivity contribution is 7.14. The molecule has 0 bridgehead atoms. The van der Waals surface area contributed by atoms with Gasteiger partial charge in [0.15, 0.2) is 0 Å². The minimum Gasteiger partial charge on any atom is -0.288 e. The molecule has 1 heterocycles. The molecule has 0 aliphatic heterocycles. The Bertz CT molecular complexity index is 537. The Hall–Kier alpha value is -1.41. The second kappa shape index (κ2) is 6.67. The average molecular weight is 272 g/mol. The van der Waals surface area contributed by atoms with Gasteiger partial charge >= 0.3 is 0 Å². The van der Waals surface area contributed by atoms with E-state index in [1.807, 2.05) is 24.3 Å². The van der Waals surface area contributed by atoms with Gasteiger partial charge in [0.05, 0.1) is 4.88 Å². The van der Waals surface area contributed by atoms with Crippen molar-refractivity contribution in [2.24, 2.45) is 0 Å². The molecule has 0 fully saturated rings. The van der Waals surface area contributed by atoms with Crippen LogP contribution in [0.3, 0.4) is 0 Å². The summed E-state index contributed by atoms with van der Waals surface area (Å²) in [4.78, 5) is 14.4. The molecule has 2 heteroatoms. The molecule has 1 aromatic carbocycles. The van der Waals surface area contributed by atoms with Crippen LogP contribution in [0.15, 0.2) is 36.4 Å². The van der Waals surface area contributed by atoms with Crippen molar-refractivity contribution in [3.05, 3.63) is 57.3 Å². The number of aryl methyl sites for hydroxylation is 2. The topological polar surface area (TPSA) is 17.1 Å². The maximum atomic E-state index is 12.3. The maximum absolute atomic E-state index is 12.3. The van der Waals surface area contributed by atoms with Crippen molar-refractivity contribution in [3.8, 4) is 0 Å². The molecule has 0 N–H and O–H groups in total. The number of carbonyl (C=O) groups excluding carboxylic acids is 1. The van der Waals surface area contributed by atoms with Gasteiger partial charge in [-0.3, -0.25) is 4.79 Å². The fourth-order valence-corrected chi connectivity index (χ4v) is 2.95. The summed E-state index contributed by atoms with van der Waals surface area (Å²) in [5.74, 6) is 0.145. The molecule has 2 rings (SSSR count). The van der Waals surface area contributed by atoms with Gasteiger partial charge in [-0.25, -0.2) is 0 Å². The van der Waals surface area contributed by atoms with Crippen LogP contribution < -0.4 is 0 Å².